The van der Waals surface area contributed by atoms with E-state index in [0.29, 0.717) is 37.4 Å². The van der Waals surface area contributed by atoms with Gasteiger partial charge in [-0.25, -0.2) is 0 Å². The average molecular weight is 677 g/mol. The Morgan fingerprint density at radius 2 is 1.81 bits per heavy atom. The molecule has 236 valence electrons. The standard InChI is InChI=1S/C33H46BrN3O5S/c1-8-15-35(21(6)7)32(41)29-33-18-25(34)28(43-33)26(27(33)31(40)37(29)23(19-38)17-20(4)5)30(39)36(16-9-2)22-11-13-24(14-12-22)42-10-3/h8-9,11-14,20-21,23,25-29,38H,1-2,10,15-19H2,3-7H3/t23-,25?,26+,27+,28+,29?,33?/m1/s1. The molecule has 8 nitrogen and oxygen atoms in total. The molecule has 1 spiro atoms. The van der Waals surface area contributed by atoms with Crippen molar-refractivity contribution in [3.8, 4) is 5.75 Å². The van der Waals surface area contributed by atoms with Gasteiger partial charge in [-0.3, -0.25) is 14.4 Å². The summed E-state index contributed by atoms with van der Waals surface area (Å²) in [5, 5.41) is 10.4. The van der Waals surface area contributed by atoms with E-state index in [1.807, 2.05) is 58.9 Å². The summed E-state index contributed by atoms with van der Waals surface area (Å²) in [6, 6.07) is 5.93. The fraction of sp³-hybridized carbons (Fsp3) is 0.606. The number of aliphatic hydroxyl groups is 1. The molecule has 43 heavy (non-hydrogen) atoms. The first-order chi connectivity index (χ1) is 20.5. The van der Waals surface area contributed by atoms with Crippen LogP contribution in [0.4, 0.5) is 5.69 Å². The number of aliphatic hydroxyl groups excluding tert-OH is 1. The summed E-state index contributed by atoms with van der Waals surface area (Å²) in [7, 11) is 0. The fourth-order valence-corrected chi connectivity index (χ4v) is 10.8. The minimum atomic E-state index is -0.801. The molecule has 2 bridgehead atoms. The number of carbonyl (C=O) groups is 3. The quantitative estimate of drug-likeness (QED) is 0.223. The molecular formula is C33H46BrN3O5S. The molecule has 3 unspecified atom stereocenters. The van der Waals surface area contributed by atoms with E-state index >= 15 is 0 Å². The average Bonchev–Trinajstić information content (AvgIpc) is 3.56. The number of fused-ring (bicyclic) bond motifs is 1. The van der Waals surface area contributed by atoms with Crippen molar-refractivity contribution < 1.29 is 24.2 Å². The number of anilines is 1. The third-order valence-corrected chi connectivity index (χ3v) is 12.1. The molecule has 0 radical (unpaired) electrons. The van der Waals surface area contributed by atoms with E-state index in [-0.39, 0.29) is 52.9 Å². The zero-order valence-electron chi connectivity index (χ0n) is 25.9. The van der Waals surface area contributed by atoms with Gasteiger partial charge in [-0.15, -0.1) is 24.9 Å². The Bertz CT molecular complexity index is 1210. The van der Waals surface area contributed by atoms with Crippen molar-refractivity contribution in [2.75, 3.05) is 31.2 Å². The molecule has 0 aromatic heterocycles. The summed E-state index contributed by atoms with van der Waals surface area (Å²) in [5.74, 6) is -0.943. The van der Waals surface area contributed by atoms with Gasteiger partial charge >= 0.3 is 0 Å². The zero-order valence-corrected chi connectivity index (χ0v) is 28.4. The predicted molar refractivity (Wildman–Crippen MR) is 177 cm³/mol. The van der Waals surface area contributed by atoms with Gasteiger partial charge in [-0.1, -0.05) is 41.9 Å². The SMILES string of the molecule is C=CCN(C(=O)[C@H]1[C@H]2C(=O)N([C@@H](CO)CC(C)C)C(C(=O)N(CC=C)C(C)C)C23CC(Br)[C@@H]1S3)c1ccc(OCC)cc1. The molecular weight excluding hydrogens is 630 g/mol. The number of alkyl halides is 1. The molecule has 7 atom stereocenters. The van der Waals surface area contributed by atoms with Crippen LogP contribution in [0, 0.1) is 17.8 Å². The summed E-state index contributed by atoms with van der Waals surface area (Å²) in [4.78, 5) is 48.9. The maximum atomic E-state index is 14.7. The summed E-state index contributed by atoms with van der Waals surface area (Å²) >= 11 is 5.48. The Kier molecular flexibility index (Phi) is 10.8. The van der Waals surface area contributed by atoms with Gasteiger partial charge in [0, 0.05) is 34.9 Å². The first kappa shape index (κ1) is 33.6. The van der Waals surface area contributed by atoms with Gasteiger partial charge in [-0.05, 0) is 63.8 Å². The monoisotopic (exact) mass is 675 g/mol. The molecule has 1 aromatic carbocycles. The Labute approximate surface area is 269 Å². The van der Waals surface area contributed by atoms with E-state index in [2.05, 4.69) is 29.1 Å². The number of carbonyl (C=O) groups excluding carboxylic acids is 3. The number of halogens is 1. The minimum Gasteiger partial charge on any atom is -0.494 e. The van der Waals surface area contributed by atoms with E-state index in [0.717, 1.165) is 0 Å². The van der Waals surface area contributed by atoms with E-state index < -0.39 is 28.7 Å². The first-order valence-electron chi connectivity index (χ1n) is 15.3. The lowest BCUT2D eigenvalue weighted by atomic mass is 9.70. The van der Waals surface area contributed by atoms with Crippen LogP contribution in [-0.4, -0.2) is 91.9 Å². The van der Waals surface area contributed by atoms with Gasteiger partial charge in [-0.2, -0.15) is 0 Å². The summed E-state index contributed by atoms with van der Waals surface area (Å²) in [6.45, 7) is 18.6. The van der Waals surface area contributed by atoms with Crippen molar-refractivity contribution in [3.05, 3.63) is 49.6 Å². The number of rotatable bonds is 14. The molecule has 3 saturated heterocycles. The second-order valence-corrected chi connectivity index (χ2v) is 15.1. The third kappa shape index (κ3) is 6.03. The maximum absolute atomic E-state index is 14.7. The van der Waals surface area contributed by atoms with Gasteiger partial charge in [0.15, 0.2) is 0 Å². The molecule has 3 amide bonds. The highest BCUT2D eigenvalue weighted by molar-refractivity contribution is 9.09. The number of thioether (sulfide) groups is 1. The van der Waals surface area contributed by atoms with E-state index in [1.165, 1.54) is 0 Å². The minimum absolute atomic E-state index is 0.0544. The van der Waals surface area contributed by atoms with Crippen LogP contribution in [0.2, 0.25) is 0 Å². The summed E-state index contributed by atoms with van der Waals surface area (Å²) in [6.07, 6.45) is 4.52. The van der Waals surface area contributed by atoms with Crippen molar-refractivity contribution in [1.29, 1.82) is 0 Å². The number of hydrogen-bond donors (Lipinski definition) is 1. The molecule has 1 N–H and O–H groups in total. The zero-order chi connectivity index (χ0) is 31.6. The maximum Gasteiger partial charge on any atom is 0.247 e. The Morgan fingerprint density at radius 3 is 2.35 bits per heavy atom. The van der Waals surface area contributed by atoms with Gasteiger partial charge in [0.2, 0.25) is 17.7 Å². The lowest BCUT2D eigenvalue weighted by Gasteiger charge is -2.41. The topological polar surface area (TPSA) is 90.4 Å². The van der Waals surface area contributed by atoms with Gasteiger partial charge in [0.1, 0.15) is 11.8 Å². The second-order valence-electron chi connectivity index (χ2n) is 12.4. The molecule has 0 aliphatic carbocycles. The normalized spacial score (nSPS) is 28.3. The lowest BCUT2D eigenvalue weighted by Crippen LogP contribution is -2.59. The molecule has 10 heteroatoms. The molecule has 4 rings (SSSR count). The van der Waals surface area contributed by atoms with Crippen LogP contribution in [0.25, 0.3) is 0 Å². The van der Waals surface area contributed by atoms with Crippen molar-refractivity contribution in [2.45, 2.75) is 80.4 Å². The smallest absolute Gasteiger partial charge is 0.247 e. The highest BCUT2D eigenvalue weighted by Gasteiger charge is 2.76. The molecule has 1 aromatic rings. The molecule has 3 aliphatic heterocycles. The first-order valence-corrected chi connectivity index (χ1v) is 17.1. The fourth-order valence-electron chi connectivity index (χ4n) is 7.21. The van der Waals surface area contributed by atoms with Crippen molar-refractivity contribution in [3.63, 3.8) is 0 Å². The van der Waals surface area contributed by atoms with Crippen molar-refractivity contribution in [2.24, 2.45) is 17.8 Å². The van der Waals surface area contributed by atoms with Gasteiger partial charge in [0.05, 0.1) is 35.8 Å². The highest BCUT2D eigenvalue weighted by atomic mass is 79.9. The van der Waals surface area contributed by atoms with Crippen LogP contribution in [0.5, 0.6) is 5.75 Å². The number of hydrogen-bond acceptors (Lipinski definition) is 6. The molecule has 0 saturated carbocycles. The Balaban J connectivity index is 1.81. The van der Waals surface area contributed by atoms with Crippen LogP contribution in [0.15, 0.2) is 49.6 Å². The van der Waals surface area contributed by atoms with E-state index in [1.54, 1.807) is 38.6 Å². The van der Waals surface area contributed by atoms with Crippen LogP contribution in [-0.2, 0) is 14.4 Å². The van der Waals surface area contributed by atoms with E-state index in [9.17, 15) is 19.5 Å². The predicted octanol–water partition coefficient (Wildman–Crippen LogP) is 4.90. The van der Waals surface area contributed by atoms with Gasteiger partial charge < -0.3 is 24.5 Å². The third-order valence-electron chi connectivity index (χ3n) is 8.86. The highest BCUT2D eigenvalue weighted by Crippen LogP contribution is 2.68. The number of benzene rings is 1. The van der Waals surface area contributed by atoms with Crippen LogP contribution >= 0.6 is 27.7 Å². The summed E-state index contributed by atoms with van der Waals surface area (Å²) in [5.41, 5.74) is 0.696. The van der Waals surface area contributed by atoms with Crippen LogP contribution < -0.4 is 9.64 Å². The number of likely N-dealkylation sites (tertiary alicyclic amines) is 1. The Morgan fingerprint density at radius 1 is 1.16 bits per heavy atom. The van der Waals surface area contributed by atoms with Crippen molar-refractivity contribution in [1.82, 2.24) is 9.80 Å². The van der Waals surface area contributed by atoms with Crippen LogP contribution in [0.3, 0.4) is 0 Å². The van der Waals surface area contributed by atoms with Crippen molar-refractivity contribution >= 4 is 51.1 Å². The lowest BCUT2D eigenvalue weighted by molar-refractivity contribution is -0.146. The van der Waals surface area contributed by atoms with E-state index in [4.69, 9.17) is 4.74 Å². The largest absolute Gasteiger partial charge is 0.494 e. The molecule has 3 fully saturated rings. The van der Waals surface area contributed by atoms with Crippen LogP contribution in [0.1, 0.15) is 47.5 Å². The Hall–Kier alpha value is -2.30. The molecule has 3 heterocycles. The van der Waals surface area contributed by atoms with Gasteiger partial charge in [0.25, 0.3) is 0 Å². The number of ether oxygens (including phenoxy) is 1. The molecule has 3 aliphatic rings. The second kappa shape index (κ2) is 13.8. The number of amides is 3. The summed E-state index contributed by atoms with van der Waals surface area (Å²) < 4.78 is 4.80. The number of nitrogens with zero attached hydrogens (tertiary/aromatic N) is 3.